The minimum absolute atomic E-state index is 0.144. The van der Waals surface area contributed by atoms with Gasteiger partial charge in [-0.1, -0.05) is 0 Å². The predicted octanol–water partition coefficient (Wildman–Crippen LogP) is 0.162. The number of imide groups is 2. The summed E-state index contributed by atoms with van der Waals surface area (Å²) in [4.78, 5) is 65.9. The zero-order valence-corrected chi connectivity index (χ0v) is 23.1. The second kappa shape index (κ2) is 10.1. The molecule has 4 heterocycles. The van der Waals surface area contributed by atoms with Crippen LogP contribution in [0.15, 0.2) is 24.8 Å². The Morgan fingerprint density at radius 2 is 1.05 bits per heavy atom. The molecule has 4 rings (SSSR count). The number of imidazole rings is 2. The van der Waals surface area contributed by atoms with Crippen LogP contribution in [0.2, 0.25) is 0 Å². The number of carbonyl (C=O) groups excluding carboxylic acids is 4. The second-order valence-electron chi connectivity index (χ2n) is 11.1. The smallest absolute Gasteiger partial charge is 0.329 e. The van der Waals surface area contributed by atoms with E-state index in [4.69, 9.17) is 0 Å². The van der Waals surface area contributed by atoms with Gasteiger partial charge in [0.1, 0.15) is 29.4 Å². The Bertz CT molecular complexity index is 1190. The molecule has 39 heavy (non-hydrogen) atoms. The number of amides is 6. The van der Waals surface area contributed by atoms with Gasteiger partial charge in [-0.05, 0) is 41.5 Å². The van der Waals surface area contributed by atoms with Gasteiger partial charge in [0.05, 0.1) is 38.4 Å². The molecule has 2 aromatic rings. The molecule has 2 fully saturated rings. The van der Waals surface area contributed by atoms with Gasteiger partial charge in [0.25, 0.3) is 11.8 Å². The van der Waals surface area contributed by atoms with Crippen LogP contribution < -0.4 is 0 Å². The fourth-order valence-corrected chi connectivity index (χ4v) is 4.96. The number of carbonyl (C=O) groups is 4. The Balaban J connectivity index is 1.47. The summed E-state index contributed by atoms with van der Waals surface area (Å²) in [6.07, 6.45) is 4.50. The molecule has 0 saturated carbocycles. The largest absolute Gasteiger partial charge is 0.389 e. The molecule has 6 amide bonds. The van der Waals surface area contributed by atoms with Crippen LogP contribution in [-0.4, -0.2) is 116 Å². The van der Waals surface area contributed by atoms with E-state index in [0.29, 0.717) is 11.6 Å². The topological polar surface area (TPSA) is 157 Å². The average Bonchev–Trinajstić information content (AvgIpc) is 3.52. The number of hydrogen-bond donors (Lipinski definition) is 2. The molecule has 0 aliphatic carbocycles. The van der Waals surface area contributed by atoms with Crippen LogP contribution in [0.5, 0.6) is 0 Å². The van der Waals surface area contributed by atoms with E-state index in [2.05, 4.69) is 9.97 Å². The van der Waals surface area contributed by atoms with Gasteiger partial charge in [0.2, 0.25) is 0 Å². The zero-order chi connectivity index (χ0) is 28.9. The predicted molar refractivity (Wildman–Crippen MR) is 137 cm³/mol. The van der Waals surface area contributed by atoms with E-state index < -0.39 is 47.2 Å². The average molecular weight is 545 g/mol. The van der Waals surface area contributed by atoms with Crippen molar-refractivity contribution in [3.63, 3.8) is 0 Å². The van der Waals surface area contributed by atoms with Gasteiger partial charge in [-0.2, -0.15) is 0 Å². The second-order valence-corrected chi connectivity index (χ2v) is 11.1. The molecule has 0 spiro atoms. The molecular weight excluding hydrogens is 508 g/mol. The molecule has 2 aliphatic rings. The number of hydrogen-bond acceptors (Lipinski definition) is 8. The highest BCUT2D eigenvalue weighted by molar-refractivity contribution is 6.08. The summed E-state index contributed by atoms with van der Waals surface area (Å²) in [5, 5.41) is 21.2. The van der Waals surface area contributed by atoms with Crippen molar-refractivity contribution >= 4 is 23.9 Å². The summed E-state index contributed by atoms with van der Waals surface area (Å²) in [6.45, 7) is 9.28. The molecule has 0 bridgehead atoms. The molecule has 2 N–H and O–H groups in total. The third-order valence-corrected chi connectivity index (χ3v) is 7.54. The van der Waals surface area contributed by atoms with Gasteiger partial charge in [0.15, 0.2) is 0 Å². The molecule has 2 aromatic heterocycles. The number of β-amino-alcohol motifs (C(OH)–C–C–N with tert-alkyl or cyclic N) is 2. The van der Waals surface area contributed by atoms with Crippen LogP contribution in [-0.2, 0) is 22.7 Å². The molecule has 212 valence electrons. The highest BCUT2D eigenvalue weighted by Gasteiger charge is 2.57. The zero-order valence-electron chi connectivity index (χ0n) is 23.1. The van der Waals surface area contributed by atoms with E-state index in [0.717, 1.165) is 9.80 Å². The standard InChI is InChI=1S/C25H36N8O6/c1-16-26-7-9-28(16)11-18(34)13-30-20(36)24(3,4)32(22(30)38)15-33-23(39)31(21(37)25(33,5)6)14-19(35)12-29-10-8-27-17(29)2/h7-10,18-19,34-35H,11-15H2,1-6H3. The number of aryl methyl sites for hydroxylation is 2. The van der Waals surface area contributed by atoms with Gasteiger partial charge < -0.3 is 19.3 Å². The summed E-state index contributed by atoms with van der Waals surface area (Å²) in [7, 11) is 0. The quantitative estimate of drug-likeness (QED) is 0.401. The molecular formula is C25H36N8O6. The lowest BCUT2D eigenvalue weighted by Gasteiger charge is -2.36. The molecule has 2 aliphatic heterocycles. The van der Waals surface area contributed by atoms with Crippen LogP contribution in [0.4, 0.5) is 9.59 Å². The monoisotopic (exact) mass is 544 g/mol. The molecule has 14 heteroatoms. The Morgan fingerprint density at radius 3 is 1.36 bits per heavy atom. The van der Waals surface area contributed by atoms with Crippen molar-refractivity contribution in [3.05, 3.63) is 36.4 Å². The molecule has 2 saturated heterocycles. The number of nitrogens with zero attached hydrogens (tertiary/aromatic N) is 8. The number of aliphatic hydroxyl groups excluding tert-OH is 2. The van der Waals surface area contributed by atoms with E-state index in [-0.39, 0.29) is 32.8 Å². The summed E-state index contributed by atoms with van der Waals surface area (Å²) in [6, 6.07) is -1.34. The van der Waals surface area contributed by atoms with E-state index in [1.165, 1.54) is 9.80 Å². The van der Waals surface area contributed by atoms with Gasteiger partial charge in [-0.3, -0.25) is 29.2 Å². The van der Waals surface area contributed by atoms with Crippen molar-refractivity contribution in [2.24, 2.45) is 0 Å². The molecule has 14 nitrogen and oxygen atoms in total. The lowest BCUT2D eigenvalue weighted by atomic mass is 10.0. The SMILES string of the molecule is Cc1nccn1CC(O)CN1C(=O)N(CN2C(=O)N(CC(O)Cn3ccnc3C)C(=O)C2(C)C)C(C)(C)C1=O. The van der Waals surface area contributed by atoms with Crippen molar-refractivity contribution in [2.45, 2.75) is 77.9 Å². The molecule has 2 atom stereocenters. The third kappa shape index (κ3) is 5.01. The van der Waals surface area contributed by atoms with E-state index in [1.807, 2.05) is 0 Å². The summed E-state index contributed by atoms with van der Waals surface area (Å²) >= 11 is 0. The molecule has 2 unspecified atom stereocenters. The first-order chi connectivity index (χ1) is 18.2. The first kappa shape index (κ1) is 28.2. The van der Waals surface area contributed by atoms with E-state index in [1.54, 1.807) is 75.5 Å². The highest BCUT2D eigenvalue weighted by atomic mass is 16.3. The number of aliphatic hydroxyl groups is 2. The maximum absolute atomic E-state index is 13.4. The normalized spacial score (nSPS) is 20.5. The van der Waals surface area contributed by atoms with Crippen molar-refractivity contribution in [2.75, 3.05) is 19.8 Å². The van der Waals surface area contributed by atoms with Crippen LogP contribution in [0.1, 0.15) is 39.3 Å². The lowest BCUT2D eigenvalue weighted by Crippen LogP contribution is -2.55. The fraction of sp³-hybridized carbons (Fsp3) is 0.600. The number of aromatic nitrogens is 4. The highest BCUT2D eigenvalue weighted by Crippen LogP contribution is 2.33. The first-order valence-electron chi connectivity index (χ1n) is 12.7. The van der Waals surface area contributed by atoms with Gasteiger partial charge >= 0.3 is 12.1 Å². The van der Waals surface area contributed by atoms with Gasteiger partial charge in [-0.25, -0.2) is 19.6 Å². The van der Waals surface area contributed by atoms with Crippen molar-refractivity contribution in [1.82, 2.24) is 38.7 Å². The maximum Gasteiger partial charge on any atom is 0.329 e. The van der Waals surface area contributed by atoms with Crippen LogP contribution in [0.3, 0.4) is 0 Å². The number of urea groups is 2. The van der Waals surface area contributed by atoms with Crippen molar-refractivity contribution in [1.29, 1.82) is 0 Å². The summed E-state index contributed by atoms with van der Waals surface area (Å²) < 4.78 is 3.43. The summed E-state index contributed by atoms with van der Waals surface area (Å²) in [5.74, 6) is 0.328. The van der Waals surface area contributed by atoms with E-state index >= 15 is 0 Å². The van der Waals surface area contributed by atoms with Crippen LogP contribution in [0, 0.1) is 13.8 Å². The van der Waals surface area contributed by atoms with Gasteiger partial charge in [0, 0.05) is 24.8 Å². The number of rotatable bonds is 10. The Kier molecular flexibility index (Phi) is 7.29. The fourth-order valence-electron chi connectivity index (χ4n) is 4.96. The van der Waals surface area contributed by atoms with Crippen LogP contribution >= 0.6 is 0 Å². The minimum Gasteiger partial charge on any atom is -0.389 e. The Labute approximate surface area is 226 Å². The minimum atomic E-state index is -1.33. The molecule has 0 aromatic carbocycles. The van der Waals surface area contributed by atoms with Crippen LogP contribution in [0.25, 0.3) is 0 Å². The first-order valence-corrected chi connectivity index (χ1v) is 12.7. The van der Waals surface area contributed by atoms with Gasteiger partial charge in [-0.15, -0.1) is 0 Å². The summed E-state index contributed by atoms with van der Waals surface area (Å²) in [5.41, 5.74) is -2.65. The maximum atomic E-state index is 13.4. The van der Waals surface area contributed by atoms with Crippen molar-refractivity contribution in [3.8, 4) is 0 Å². The molecule has 0 radical (unpaired) electrons. The third-order valence-electron chi connectivity index (χ3n) is 7.54. The van der Waals surface area contributed by atoms with Crippen molar-refractivity contribution < 1.29 is 29.4 Å². The Morgan fingerprint density at radius 1 is 0.692 bits per heavy atom. The lowest BCUT2D eigenvalue weighted by molar-refractivity contribution is -0.134. The van der Waals surface area contributed by atoms with E-state index in [9.17, 15) is 29.4 Å². The Hall–Kier alpha value is -3.78.